The van der Waals surface area contributed by atoms with E-state index in [1.165, 1.54) is 6.07 Å². The van der Waals surface area contributed by atoms with Crippen molar-refractivity contribution in [3.8, 4) is 17.6 Å². The maximum atomic E-state index is 13.2. The Morgan fingerprint density at radius 1 is 1.29 bits per heavy atom. The number of hydrogen-bond donors (Lipinski definition) is 1. The van der Waals surface area contributed by atoms with Gasteiger partial charge >= 0.3 is 6.36 Å². The summed E-state index contributed by atoms with van der Waals surface area (Å²) in [7, 11) is 0. The average Bonchev–Trinajstić information content (AvgIpc) is 2.21. The van der Waals surface area contributed by atoms with Gasteiger partial charge in [-0.25, -0.2) is 4.39 Å². The molecule has 0 fully saturated rings. The minimum Gasteiger partial charge on any atom is -0.403 e. The van der Waals surface area contributed by atoms with Gasteiger partial charge in [-0.3, -0.25) is 0 Å². The molecule has 6 heteroatoms. The van der Waals surface area contributed by atoms with Crippen molar-refractivity contribution < 1.29 is 22.3 Å². The SMILES string of the molecule is Fc1cc(C#CCCS)ccc1OC(F)(F)F. The van der Waals surface area contributed by atoms with Crippen LogP contribution in [0.4, 0.5) is 17.6 Å². The smallest absolute Gasteiger partial charge is 0.403 e. The standard InChI is InChI=1S/C11H8F4OS/c12-9-7-8(3-1-2-6-17)4-5-10(9)16-11(13,14)15/h4-5,7,17H,2,6H2. The molecule has 1 aromatic carbocycles. The Morgan fingerprint density at radius 3 is 2.53 bits per heavy atom. The summed E-state index contributed by atoms with van der Waals surface area (Å²) in [6.07, 6.45) is -4.38. The van der Waals surface area contributed by atoms with Crippen LogP contribution in [0.1, 0.15) is 12.0 Å². The van der Waals surface area contributed by atoms with Crippen molar-refractivity contribution in [3.63, 3.8) is 0 Å². The maximum absolute atomic E-state index is 13.2. The fourth-order valence-electron chi connectivity index (χ4n) is 1.01. The summed E-state index contributed by atoms with van der Waals surface area (Å²) in [4.78, 5) is 0. The first-order chi connectivity index (χ1) is 7.92. The predicted octanol–water partition coefficient (Wildman–Crippen LogP) is 3.40. The average molecular weight is 264 g/mol. The van der Waals surface area contributed by atoms with Crippen LogP contribution in [0.15, 0.2) is 18.2 Å². The first kappa shape index (κ1) is 13.7. The summed E-state index contributed by atoms with van der Waals surface area (Å²) in [6, 6.07) is 3.05. The summed E-state index contributed by atoms with van der Waals surface area (Å²) in [6.45, 7) is 0. The third-order valence-corrected chi connectivity index (χ3v) is 1.85. The lowest BCUT2D eigenvalue weighted by Gasteiger charge is -2.09. The molecule has 0 spiro atoms. The van der Waals surface area contributed by atoms with Crippen molar-refractivity contribution in [2.24, 2.45) is 0 Å². The van der Waals surface area contributed by atoms with Gasteiger partial charge in [-0.15, -0.1) is 13.2 Å². The van der Waals surface area contributed by atoms with Crippen molar-refractivity contribution in [1.82, 2.24) is 0 Å². The minimum atomic E-state index is -4.90. The van der Waals surface area contributed by atoms with Crippen LogP contribution in [-0.2, 0) is 0 Å². The summed E-state index contributed by atoms with van der Waals surface area (Å²) >= 11 is 3.93. The van der Waals surface area contributed by atoms with Crippen LogP contribution in [0.3, 0.4) is 0 Å². The molecule has 0 bridgehead atoms. The Kier molecular flexibility index (Phi) is 4.70. The van der Waals surface area contributed by atoms with Gasteiger partial charge in [-0.05, 0) is 18.2 Å². The monoisotopic (exact) mass is 264 g/mol. The van der Waals surface area contributed by atoms with E-state index in [4.69, 9.17) is 0 Å². The van der Waals surface area contributed by atoms with Crippen molar-refractivity contribution >= 4 is 12.6 Å². The number of ether oxygens (including phenoxy) is 1. The van der Waals surface area contributed by atoms with Crippen molar-refractivity contribution in [2.45, 2.75) is 12.8 Å². The fraction of sp³-hybridized carbons (Fsp3) is 0.273. The number of alkyl halides is 3. The molecule has 0 N–H and O–H groups in total. The summed E-state index contributed by atoms with van der Waals surface area (Å²) < 4.78 is 52.2. The lowest BCUT2D eigenvalue weighted by molar-refractivity contribution is -0.275. The molecular formula is C11H8F4OS. The summed E-state index contributed by atoms with van der Waals surface area (Å²) in [5, 5.41) is 0. The van der Waals surface area contributed by atoms with E-state index in [0.29, 0.717) is 17.7 Å². The van der Waals surface area contributed by atoms with Gasteiger partial charge in [0.25, 0.3) is 0 Å². The molecule has 0 heterocycles. The molecule has 1 nitrogen and oxygen atoms in total. The molecule has 92 valence electrons. The second-order valence-electron chi connectivity index (χ2n) is 2.97. The van der Waals surface area contributed by atoms with Gasteiger partial charge in [0.1, 0.15) is 0 Å². The van der Waals surface area contributed by atoms with Gasteiger partial charge in [-0.2, -0.15) is 12.6 Å². The van der Waals surface area contributed by atoms with Crippen LogP contribution in [0.2, 0.25) is 0 Å². The highest BCUT2D eigenvalue weighted by molar-refractivity contribution is 7.80. The Balaban J connectivity index is 2.84. The molecule has 17 heavy (non-hydrogen) atoms. The van der Waals surface area contributed by atoms with Crippen molar-refractivity contribution in [1.29, 1.82) is 0 Å². The lowest BCUT2D eigenvalue weighted by Crippen LogP contribution is -2.17. The largest absolute Gasteiger partial charge is 0.573 e. The van der Waals surface area contributed by atoms with E-state index in [0.717, 1.165) is 12.1 Å². The zero-order valence-corrected chi connectivity index (χ0v) is 9.41. The lowest BCUT2D eigenvalue weighted by atomic mass is 10.2. The van der Waals surface area contributed by atoms with Crippen LogP contribution in [0.5, 0.6) is 5.75 Å². The van der Waals surface area contributed by atoms with Gasteiger partial charge in [-0.1, -0.05) is 11.8 Å². The number of benzene rings is 1. The molecule has 1 rings (SSSR count). The van der Waals surface area contributed by atoms with Crippen LogP contribution >= 0.6 is 12.6 Å². The Labute approximate surface area is 101 Å². The Morgan fingerprint density at radius 2 is 2.00 bits per heavy atom. The molecule has 0 aromatic heterocycles. The number of hydrogen-bond acceptors (Lipinski definition) is 2. The third-order valence-electron chi connectivity index (χ3n) is 1.63. The van der Waals surface area contributed by atoms with Crippen molar-refractivity contribution in [3.05, 3.63) is 29.6 Å². The van der Waals surface area contributed by atoms with Crippen LogP contribution in [0.25, 0.3) is 0 Å². The maximum Gasteiger partial charge on any atom is 0.573 e. The topological polar surface area (TPSA) is 9.23 Å². The van der Waals surface area contributed by atoms with Gasteiger partial charge in [0.05, 0.1) is 0 Å². The molecule has 0 aliphatic carbocycles. The van der Waals surface area contributed by atoms with E-state index >= 15 is 0 Å². The molecule has 1 aromatic rings. The minimum absolute atomic E-state index is 0.291. The quantitative estimate of drug-likeness (QED) is 0.489. The molecule has 0 aliphatic rings. The Hall–Kier alpha value is -1.35. The highest BCUT2D eigenvalue weighted by Crippen LogP contribution is 2.25. The van der Waals surface area contributed by atoms with E-state index in [2.05, 4.69) is 29.2 Å². The molecular weight excluding hydrogens is 256 g/mol. The van der Waals surface area contributed by atoms with E-state index in [-0.39, 0.29) is 0 Å². The molecule has 0 aliphatic heterocycles. The molecule has 0 radical (unpaired) electrons. The second-order valence-corrected chi connectivity index (χ2v) is 3.42. The fourth-order valence-corrected chi connectivity index (χ4v) is 1.12. The molecule has 0 saturated heterocycles. The molecule has 0 amide bonds. The number of halogens is 4. The van der Waals surface area contributed by atoms with Crippen molar-refractivity contribution in [2.75, 3.05) is 5.75 Å². The second kappa shape index (κ2) is 5.82. The normalized spacial score (nSPS) is 10.6. The highest BCUT2D eigenvalue weighted by atomic mass is 32.1. The predicted molar refractivity (Wildman–Crippen MR) is 58.4 cm³/mol. The molecule has 0 unspecified atom stereocenters. The number of thiol groups is 1. The molecule has 0 saturated carbocycles. The van der Waals surface area contributed by atoms with E-state index in [1.54, 1.807) is 0 Å². The Bertz CT molecular complexity index is 445. The molecule has 0 atom stereocenters. The zero-order chi connectivity index (χ0) is 12.9. The summed E-state index contributed by atoms with van der Waals surface area (Å²) in [5.41, 5.74) is 0.291. The van der Waals surface area contributed by atoms with E-state index < -0.39 is 17.9 Å². The van der Waals surface area contributed by atoms with Crippen LogP contribution < -0.4 is 4.74 Å². The zero-order valence-electron chi connectivity index (χ0n) is 8.51. The third kappa shape index (κ3) is 5.00. The first-order valence-electron chi connectivity index (χ1n) is 4.57. The van der Waals surface area contributed by atoms with Gasteiger partial charge < -0.3 is 4.74 Å². The van der Waals surface area contributed by atoms with E-state index in [1.807, 2.05) is 0 Å². The first-order valence-corrected chi connectivity index (χ1v) is 5.20. The number of rotatable bonds is 2. The highest BCUT2D eigenvalue weighted by Gasteiger charge is 2.32. The van der Waals surface area contributed by atoms with Gasteiger partial charge in [0, 0.05) is 17.7 Å². The summed E-state index contributed by atoms with van der Waals surface area (Å²) in [5.74, 6) is 3.89. The van der Waals surface area contributed by atoms with Gasteiger partial charge in [0.2, 0.25) is 0 Å². The van der Waals surface area contributed by atoms with Crippen LogP contribution in [-0.4, -0.2) is 12.1 Å². The van der Waals surface area contributed by atoms with E-state index in [9.17, 15) is 17.6 Å². The van der Waals surface area contributed by atoms with Gasteiger partial charge in [0.15, 0.2) is 11.6 Å². The van der Waals surface area contributed by atoms with Crippen LogP contribution in [0, 0.1) is 17.7 Å².